The molecule has 2 bridgehead atoms. The third kappa shape index (κ3) is 1.96. The van der Waals surface area contributed by atoms with E-state index in [4.69, 9.17) is 4.74 Å². The van der Waals surface area contributed by atoms with Crippen LogP contribution in [0.3, 0.4) is 0 Å². The van der Waals surface area contributed by atoms with Crippen LogP contribution in [0.2, 0.25) is 0 Å². The Morgan fingerprint density at radius 2 is 2.00 bits per heavy atom. The normalized spacial score (nSPS) is 38.9. The third-order valence-corrected chi connectivity index (χ3v) is 4.35. The molecule has 4 heteroatoms. The highest BCUT2D eigenvalue weighted by molar-refractivity contribution is 5.79. The smallest absolute Gasteiger partial charge is 0.237 e. The van der Waals surface area contributed by atoms with Crippen molar-refractivity contribution in [2.45, 2.75) is 25.7 Å². The lowest BCUT2D eigenvalue weighted by Crippen LogP contribution is -2.50. The van der Waals surface area contributed by atoms with Gasteiger partial charge in [-0.3, -0.25) is 10.2 Å². The molecule has 4 nitrogen and oxygen atoms in total. The lowest BCUT2D eigenvalue weighted by atomic mass is 9.88. The van der Waals surface area contributed by atoms with Crippen LogP contribution in [-0.2, 0) is 9.53 Å². The number of carbonyl (C=O) groups is 1. The Kier molecular flexibility index (Phi) is 2.86. The maximum Gasteiger partial charge on any atom is 0.237 e. The molecule has 0 radical (unpaired) electrons. The van der Waals surface area contributed by atoms with Crippen molar-refractivity contribution in [3.8, 4) is 0 Å². The summed E-state index contributed by atoms with van der Waals surface area (Å²) in [7, 11) is 0. The number of nitrogens with one attached hydrogen (secondary N) is 1. The molecule has 16 heavy (non-hydrogen) atoms. The molecule has 3 aliphatic rings. The van der Waals surface area contributed by atoms with Crippen LogP contribution >= 0.6 is 0 Å². The van der Waals surface area contributed by atoms with Crippen LogP contribution in [0.5, 0.6) is 0 Å². The van der Waals surface area contributed by atoms with Gasteiger partial charge in [-0.25, -0.2) is 5.01 Å². The Bertz CT molecular complexity index is 276. The van der Waals surface area contributed by atoms with Crippen molar-refractivity contribution in [2.75, 3.05) is 26.3 Å². The molecule has 2 saturated carbocycles. The number of nitrogens with zero attached hydrogens (tertiary/aromatic N) is 1. The minimum absolute atomic E-state index is 0.258. The van der Waals surface area contributed by atoms with Crippen LogP contribution in [0.15, 0.2) is 0 Å². The maximum absolute atomic E-state index is 12.1. The van der Waals surface area contributed by atoms with E-state index in [1.807, 2.05) is 5.01 Å². The molecule has 0 unspecified atom stereocenters. The van der Waals surface area contributed by atoms with E-state index in [0.29, 0.717) is 11.8 Å². The zero-order valence-electron chi connectivity index (χ0n) is 9.65. The first-order valence-electron chi connectivity index (χ1n) is 6.46. The highest BCUT2D eigenvalue weighted by Gasteiger charge is 2.43. The summed E-state index contributed by atoms with van der Waals surface area (Å²) < 4.78 is 5.26. The van der Waals surface area contributed by atoms with Crippen molar-refractivity contribution in [3.63, 3.8) is 0 Å². The second-order valence-corrected chi connectivity index (χ2v) is 5.36. The van der Waals surface area contributed by atoms with Gasteiger partial charge in [0.1, 0.15) is 0 Å². The number of morpholine rings is 1. The Morgan fingerprint density at radius 1 is 1.19 bits per heavy atom. The number of fused-ring (bicyclic) bond motifs is 2. The number of hydrogen-bond donors (Lipinski definition) is 1. The molecule has 90 valence electrons. The number of hydrogen-bond acceptors (Lipinski definition) is 3. The Balaban J connectivity index is 1.53. The molecule has 2 aliphatic carbocycles. The largest absolute Gasteiger partial charge is 0.379 e. The van der Waals surface area contributed by atoms with E-state index < -0.39 is 0 Å². The molecule has 1 aliphatic heterocycles. The molecule has 0 aromatic heterocycles. The van der Waals surface area contributed by atoms with Crippen LogP contribution in [0.1, 0.15) is 25.7 Å². The van der Waals surface area contributed by atoms with Gasteiger partial charge in [-0.15, -0.1) is 0 Å². The predicted molar refractivity (Wildman–Crippen MR) is 59.5 cm³/mol. The van der Waals surface area contributed by atoms with Crippen molar-refractivity contribution in [1.82, 2.24) is 10.4 Å². The second-order valence-electron chi connectivity index (χ2n) is 5.36. The van der Waals surface area contributed by atoms with Gasteiger partial charge >= 0.3 is 0 Å². The van der Waals surface area contributed by atoms with Gasteiger partial charge in [-0.05, 0) is 31.1 Å². The highest BCUT2D eigenvalue weighted by Crippen LogP contribution is 2.48. The molecule has 1 N–H and O–H groups in total. The fourth-order valence-corrected chi connectivity index (χ4v) is 3.48. The van der Waals surface area contributed by atoms with Gasteiger partial charge in [-0.1, -0.05) is 6.42 Å². The summed E-state index contributed by atoms with van der Waals surface area (Å²) in [5.74, 6) is 2.06. The number of amides is 1. The Morgan fingerprint density at radius 3 is 2.62 bits per heavy atom. The summed E-state index contributed by atoms with van der Waals surface area (Å²) in [6.45, 7) is 3.12. The highest BCUT2D eigenvalue weighted by atomic mass is 16.5. The molecular formula is C12H20N2O2. The minimum atomic E-state index is 0.258. The SMILES string of the molecule is O=C(NN1CCOCC1)[C@H]1C[C@H]2CC[C@H]1C2. The van der Waals surface area contributed by atoms with Gasteiger partial charge in [0.2, 0.25) is 5.91 Å². The summed E-state index contributed by atoms with van der Waals surface area (Å²) in [4.78, 5) is 12.1. The third-order valence-electron chi connectivity index (χ3n) is 4.35. The van der Waals surface area contributed by atoms with Crippen LogP contribution < -0.4 is 5.43 Å². The van der Waals surface area contributed by atoms with Crippen molar-refractivity contribution in [2.24, 2.45) is 17.8 Å². The van der Waals surface area contributed by atoms with Gasteiger partial charge in [0.25, 0.3) is 0 Å². The number of ether oxygens (including phenoxy) is 1. The molecule has 3 rings (SSSR count). The topological polar surface area (TPSA) is 41.6 Å². The first-order chi connectivity index (χ1) is 7.83. The van der Waals surface area contributed by atoms with Crippen molar-refractivity contribution in [1.29, 1.82) is 0 Å². The number of hydrazine groups is 1. The minimum Gasteiger partial charge on any atom is -0.379 e. The van der Waals surface area contributed by atoms with Gasteiger partial charge in [0.15, 0.2) is 0 Å². The average Bonchev–Trinajstić information content (AvgIpc) is 2.92. The van der Waals surface area contributed by atoms with Crippen molar-refractivity contribution < 1.29 is 9.53 Å². The molecular weight excluding hydrogens is 204 g/mol. The Labute approximate surface area is 96.3 Å². The summed E-state index contributed by atoms with van der Waals surface area (Å²) in [6.07, 6.45) is 5.04. The quantitative estimate of drug-likeness (QED) is 0.754. The summed E-state index contributed by atoms with van der Waals surface area (Å²) in [6, 6.07) is 0. The molecule has 0 aromatic rings. The van der Waals surface area contributed by atoms with E-state index >= 15 is 0 Å². The molecule has 3 atom stereocenters. The average molecular weight is 224 g/mol. The van der Waals surface area contributed by atoms with Crippen LogP contribution in [-0.4, -0.2) is 37.2 Å². The van der Waals surface area contributed by atoms with Gasteiger partial charge in [-0.2, -0.15) is 0 Å². The van der Waals surface area contributed by atoms with Gasteiger partial charge in [0.05, 0.1) is 13.2 Å². The van der Waals surface area contributed by atoms with E-state index in [0.717, 1.165) is 38.6 Å². The van der Waals surface area contributed by atoms with E-state index in [9.17, 15) is 4.79 Å². The zero-order chi connectivity index (χ0) is 11.0. The van der Waals surface area contributed by atoms with Crippen molar-refractivity contribution >= 4 is 5.91 Å². The lowest BCUT2D eigenvalue weighted by molar-refractivity contribution is -0.133. The molecule has 1 saturated heterocycles. The molecule has 0 aromatic carbocycles. The van der Waals surface area contributed by atoms with Crippen molar-refractivity contribution in [3.05, 3.63) is 0 Å². The molecule has 1 amide bonds. The zero-order valence-corrected chi connectivity index (χ0v) is 9.65. The first-order valence-corrected chi connectivity index (χ1v) is 6.46. The molecule has 1 heterocycles. The summed E-state index contributed by atoms with van der Waals surface area (Å²) >= 11 is 0. The number of carbonyl (C=O) groups excluding carboxylic acids is 1. The van der Waals surface area contributed by atoms with Gasteiger partial charge < -0.3 is 4.74 Å². The van der Waals surface area contributed by atoms with Gasteiger partial charge in [0, 0.05) is 19.0 Å². The van der Waals surface area contributed by atoms with Crippen LogP contribution in [0, 0.1) is 17.8 Å². The van der Waals surface area contributed by atoms with E-state index in [-0.39, 0.29) is 5.91 Å². The maximum atomic E-state index is 12.1. The summed E-state index contributed by atoms with van der Waals surface area (Å²) in [5.41, 5.74) is 3.06. The van der Waals surface area contributed by atoms with Crippen LogP contribution in [0.4, 0.5) is 0 Å². The van der Waals surface area contributed by atoms with E-state index in [1.165, 1.54) is 19.3 Å². The molecule has 3 fully saturated rings. The van der Waals surface area contributed by atoms with E-state index in [1.54, 1.807) is 0 Å². The van der Waals surface area contributed by atoms with E-state index in [2.05, 4.69) is 5.43 Å². The lowest BCUT2D eigenvalue weighted by Gasteiger charge is -2.30. The standard InChI is InChI=1S/C12H20N2O2/c15-12(13-14-3-5-16-6-4-14)11-8-9-1-2-10(11)7-9/h9-11H,1-8H2,(H,13,15)/t9-,10-,11-/m0/s1. The monoisotopic (exact) mass is 224 g/mol. The number of rotatable bonds is 2. The Hall–Kier alpha value is -0.610. The van der Waals surface area contributed by atoms with Crippen LogP contribution in [0.25, 0.3) is 0 Å². The first kappa shape index (κ1) is 10.5. The summed E-state index contributed by atoms with van der Waals surface area (Å²) in [5, 5.41) is 2.01. The fourth-order valence-electron chi connectivity index (χ4n) is 3.48. The second kappa shape index (κ2) is 4.34. The predicted octanol–water partition coefficient (Wildman–Crippen LogP) is 0.786. The fraction of sp³-hybridized carbons (Fsp3) is 0.917. The molecule has 0 spiro atoms.